The molecule has 2 N–H and O–H groups in total. The smallest absolute Gasteiger partial charge is 0.473 e. The molecule has 1 rings (SSSR count). The first-order chi connectivity index (χ1) is 6.97. The van der Waals surface area contributed by atoms with Crippen molar-refractivity contribution >= 4 is 24.5 Å². The average molecular weight is 230 g/mol. The lowest BCUT2D eigenvalue weighted by molar-refractivity contribution is 0.144. The van der Waals surface area contributed by atoms with Crippen LogP contribution in [0.2, 0.25) is 0 Å². The van der Waals surface area contributed by atoms with E-state index in [0.717, 1.165) is 0 Å². The van der Waals surface area contributed by atoms with E-state index in [1.807, 2.05) is 0 Å². The molecule has 0 aliphatic heterocycles. The predicted molar refractivity (Wildman–Crippen MR) is 50.8 cm³/mol. The highest BCUT2D eigenvalue weighted by Crippen LogP contribution is 2.46. The third kappa shape index (κ3) is 2.35. The van der Waals surface area contributed by atoms with Gasteiger partial charge in [0.25, 0.3) is 0 Å². The van der Waals surface area contributed by atoms with Crippen LogP contribution in [0.25, 0.3) is 0 Å². The van der Waals surface area contributed by atoms with E-state index in [9.17, 15) is 14.2 Å². The summed E-state index contributed by atoms with van der Waals surface area (Å²) in [5.41, 5.74) is -1.80. The van der Waals surface area contributed by atoms with Crippen LogP contribution in [0.3, 0.4) is 0 Å². The fraction of sp³-hybridized carbons (Fsp3) is 0. The Balaban J connectivity index is 3.19. The van der Waals surface area contributed by atoms with E-state index >= 15 is 0 Å². The van der Waals surface area contributed by atoms with Crippen LogP contribution in [0, 0.1) is 0 Å². The largest absolute Gasteiger partial charge is 0.511 e. The molecule has 0 spiro atoms. The summed E-state index contributed by atoms with van der Waals surface area (Å²) in [6, 6.07) is 6.93. The molecule has 0 amide bonds. The van der Waals surface area contributed by atoms with Crippen molar-refractivity contribution < 1.29 is 28.9 Å². The van der Waals surface area contributed by atoms with E-state index in [4.69, 9.17) is 10.2 Å². The number of rotatable bonds is 3. The molecular formula is C8H7O6P. The predicted octanol–water partition coefficient (Wildman–Crippen LogP) is 1.96. The van der Waals surface area contributed by atoms with Crippen molar-refractivity contribution in [2.45, 2.75) is 0 Å². The number of carboxylic acid groups (broad SMARTS) is 2. The second-order valence-corrected chi connectivity index (χ2v) is 4.71. The highest BCUT2D eigenvalue weighted by molar-refractivity contribution is 7.82. The minimum absolute atomic E-state index is 0.167. The summed E-state index contributed by atoms with van der Waals surface area (Å²) in [7, 11) is -4.38. The van der Waals surface area contributed by atoms with Crippen LogP contribution in [0.15, 0.2) is 30.3 Å². The van der Waals surface area contributed by atoms with Crippen molar-refractivity contribution in [2.24, 2.45) is 0 Å². The van der Waals surface area contributed by atoms with Gasteiger partial charge in [-0.2, -0.15) is 0 Å². The molecule has 0 aliphatic carbocycles. The Morgan fingerprint density at radius 3 is 2.07 bits per heavy atom. The fourth-order valence-electron chi connectivity index (χ4n) is 0.936. The van der Waals surface area contributed by atoms with Crippen LogP contribution in [0.1, 0.15) is 0 Å². The molecule has 0 saturated heterocycles. The lowest BCUT2D eigenvalue weighted by Gasteiger charge is -2.11. The van der Waals surface area contributed by atoms with Crippen LogP contribution < -0.4 is 5.30 Å². The second-order valence-electron chi connectivity index (χ2n) is 2.53. The zero-order chi connectivity index (χ0) is 11.5. The minimum atomic E-state index is -4.38. The topological polar surface area (TPSA) is 101 Å². The number of benzene rings is 1. The van der Waals surface area contributed by atoms with Crippen molar-refractivity contribution in [3.63, 3.8) is 0 Å². The zero-order valence-electron chi connectivity index (χ0n) is 7.36. The third-order valence-electron chi connectivity index (χ3n) is 1.55. The standard InChI is InChI=1S/C8H7O6P/c9-7(10)14-15(13,8(11)12)6-4-2-1-3-5-6/h1-5H,(H,9,10)(H,11,12). The summed E-state index contributed by atoms with van der Waals surface area (Å²) in [4.78, 5) is 20.9. The van der Waals surface area contributed by atoms with Gasteiger partial charge in [0.1, 0.15) is 0 Å². The number of hydrogen-bond donors (Lipinski definition) is 2. The molecule has 1 aromatic carbocycles. The summed E-state index contributed by atoms with van der Waals surface area (Å²) < 4.78 is 15.7. The second kappa shape index (κ2) is 4.14. The molecule has 0 bridgehead atoms. The molecule has 0 radical (unpaired) electrons. The Morgan fingerprint density at radius 2 is 1.67 bits per heavy atom. The summed E-state index contributed by atoms with van der Waals surface area (Å²) in [6.07, 6.45) is -1.88. The monoisotopic (exact) mass is 230 g/mol. The molecule has 1 unspecified atom stereocenters. The van der Waals surface area contributed by atoms with Gasteiger partial charge in [0.15, 0.2) is 0 Å². The molecule has 15 heavy (non-hydrogen) atoms. The van der Waals surface area contributed by atoms with E-state index in [1.165, 1.54) is 24.3 Å². The molecule has 80 valence electrons. The molecule has 0 aromatic heterocycles. The van der Waals surface area contributed by atoms with Crippen molar-refractivity contribution in [2.75, 3.05) is 0 Å². The number of carbonyl (C=O) groups is 2. The first-order valence-electron chi connectivity index (χ1n) is 3.78. The molecule has 0 heterocycles. The molecule has 7 heteroatoms. The summed E-state index contributed by atoms with van der Waals surface area (Å²) in [5, 5.41) is 16.8. The van der Waals surface area contributed by atoms with Gasteiger partial charge in [-0.3, -0.25) is 4.57 Å². The summed E-state index contributed by atoms with van der Waals surface area (Å²) >= 11 is 0. The summed E-state index contributed by atoms with van der Waals surface area (Å²) in [6.45, 7) is 0. The highest BCUT2D eigenvalue weighted by Gasteiger charge is 2.38. The van der Waals surface area contributed by atoms with Gasteiger partial charge in [0, 0.05) is 0 Å². The SMILES string of the molecule is O=C(O)OP(=O)(C(=O)O)c1ccccc1. The zero-order valence-corrected chi connectivity index (χ0v) is 8.26. The van der Waals surface area contributed by atoms with E-state index in [2.05, 4.69) is 4.52 Å². The normalized spacial score (nSPS) is 13.9. The molecule has 0 saturated carbocycles. The Hall–Kier alpha value is -1.81. The Labute approximate surface area is 84.6 Å². The Morgan fingerprint density at radius 1 is 1.13 bits per heavy atom. The van der Waals surface area contributed by atoms with Gasteiger partial charge in [-0.25, -0.2) is 9.59 Å². The van der Waals surface area contributed by atoms with Crippen molar-refractivity contribution in [3.8, 4) is 0 Å². The van der Waals surface area contributed by atoms with Crippen molar-refractivity contribution in [1.82, 2.24) is 0 Å². The first kappa shape index (κ1) is 11.3. The number of hydrogen-bond acceptors (Lipinski definition) is 4. The molecule has 0 fully saturated rings. The molecule has 6 nitrogen and oxygen atoms in total. The van der Waals surface area contributed by atoms with Gasteiger partial charge in [-0.05, 0) is 12.1 Å². The maximum atomic E-state index is 11.7. The van der Waals surface area contributed by atoms with Crippen LogP contribution in [0.5, 0.6) is 0 Å². The first-order valence-corrected chi connectivity index (χ1v) is 5.41. The van der Waals surface area contributed by atoms with Gasteiger partial charge in [-0.1, -0.05) is 18.2 Å². The van der Waals surface area contributed by atoms with E-state index < -0.39 is 19.2 Å². The Bertz CT molecular complexity index is 426. The maximum absolute atomic E-state index is 11.7. The van der Waals surface area contributed by atoms with Crippen LogP contribution >= 0.6 is 7.37 Å². The van der Waals surface area contributed by atoms with Crippen LogP contribution in [-0.2, 0) is 9.09 Å². The maximum Gasteiger partial charge on any atom is 0.511 e. The lowest BCUT2D eigenvalue weighted by atomic mass is 10.4. The molecule has 1 atom stereocenters. The highest BCUT2D eigenvalue weighted by atomic mass is 31.2. The van der Waals surface area contributed by atoms with Crippen molar-refractivity contribution in [1.29, 1.82) is 0 Å². The third-order valence-corrected chi connectivity index (χ3v) is 3.45. The lowest BCUT2D eigenvalue weighted by Crippen LogP contribution is -2.15. The summed E-state index contributed by atoms with van der Waals surface area (Å²) in [5.74, 6) is 0. The van der Waals surface area contributed by atoms with Gasteiger partial charge in [0.2, 0.25) is 0 Å². The van der Waals surface area contributed by atoms with E-state index in [-0.39, 0.29) is 5.30 Å². The van der Waals surface area contributed by atoms with Gasteiger partial charge in [0.05, 0.1) is 5.30 Å². The average Bonchev–Trinajstić information content (AvgIpc) is 2.17. The van der Waals surface area contributed by atoms with Gasteiger partial charge in [-0.15, -0.1) is 0 Å². The molecule has 0 aliphatic rings. The minimum Gasteiger partial charge on any atom is -0.473 e. The molecular weight excluding hydrogens is 223 g/mol. The van der Waals surface area contributed by atoms with Crippen LogP contribution in [0.4, 0.5) is 9.59 Å². The quantitative estimate of drug-likeness (QED) is 0.769. The van der Waals surface area contributed by atoms with Gasteiger partial charge >= 0.3 is 19.2 Å². The fourth-order valence-corrected chi connectivity index (χ4v) is 2.13. The van der Waals surface area contributed by atoms with E-state index in [0.29, 0.717) is 0 Å². The van der Waals surface area contributed by atoms with Gasteiger partial charge < -0.3 is 14.7 Å². The molecule has 1 aromatic rings. The Kier molecular flexibility index (Phi) is 3.11. The van der Waals surface area contributed by atoms with Crippen molar-refractivity contribution in [3.05, 3.63) is 30.3 Å². The van der Waals surface area contributed by atoms with Crippen LogP contribution in [-0.4, -0.2) is 22.1 Å². The van der Waals surface area contributed by atoms with E-state index in [1.54, 1.807) is 6.07 Å².